The fourth-order valence-electron chi connectivity index (χ4n) is 5.12. The van der Waals surface area contributed by atoms with Crippen LogP contribution in [0.15, 0.2) is 36.0 Å². The van der Waals surface area contributed by atoms with E-state index in [0.717, 1.165) is 18.4 Å². The van der Waals surface area contributed by atoms with E-state index in [-0.39, 0.29) is 60.8 Å². The molecule has 0 aliphatic carbocycles. The van der Waals surface area contributed by atoms with E-state index in [1.807, 2.05) is 46.8 Å². The summed E-state index contributed by atoms with van der Waals surface area (Å²) in [6, 6.07) is 0. The Bertz CT molecular complexity index is 878. The Labute approximate surface area is 228 Å². The van der Waals surface area contributed by atoms with Crippen LogP contribution in [0.5, 0.6) is 0 Å². The lowest BCUT2D eigenvalue weighted by molar-refractivity contribution is -0.151. The lowest BCUT2D eigenvalue weighted by Gasteiger charge is -2.31. The monoisotopic (exact) mass is 536 g/mol. The second kappa shape index (κ2) is 14.4. The van der Waals surface area contributed by atoms with Crippen molar-refractivity contribution in [3.05, 3.63) is 36.0 Å². The van der Waals surface area contributed by atoms with Gasteiger partial charge in [0.05, 0.1) is 18.3 Å². The maximum absolute atomic E-state index is 15.5. The molecule has 7 heteroatoms. The van der Waals surface area contributed by atoms with Gasteiger partial charge in [0.1, 0.15) is 11.8 Å². The molecule has 2 aliphatic rings. The van der Waals surface area contributed by atoms with Gasteiger partial charge in [-0.1, -0.05) is 58.9 Å². The number of carbonyl (C=O) groups is 2. The number of hydrogen-bond acceptors (Lipinski definition) is 6. The molecule has 6 nitrogen and oxygen atoms in total. The van der Waals surface area contributed by atoms with Crippen LogP contribution in [0.3, 0.4) is 0 Å². The molecule has 1 N–H and O–H groups in total. The van der Waals surface area contributed by atoms with Crippen molar-refractivity contribution in [2.45, 2.75) is 124 Å². The number of aliphatic hydroxyl groups excluding tert-OH is 1. The maximum atomic E-state index is 15.5. The van der Waals surface area contributed by atoms with Crippen LogP contribution in [-0.4, -0.2) is 53.2 Å². The number of alkyl halides is 1. The molecule has 0 aromatic rings. The summed E-state index contributed by atoms with van der Waals surface area (Å²) in [6.07, 6.45) is 10.3. The van der Waals surface area contributed by atoms with Crippen molar-refractivity contribution in [3.63, 3.8) is 0 Å². The summed E-state index contributed by atoms with van der Waals surface area (Å²) in [5.74, 6) is -0.735. The van der Waals surface area contributed by atoms with E-state index in [4.69, 9.17) is 14.2 Å². The lowest BCUT2D eigenvalue weighted by atomic mass is 9.88. The van der Waals surface area contributed by atoms with Crippen molar-refractivity contribution in [1.29, 1.82) is 0 Å². The first-order valence-electron chi connectivity index (χ1n) is 14.2. The molecule has 0 saturated carbocycles. The summed E-state index contributed by atoms with van der Waals surface area (Å²) in [7, 11) is 0. The van der Waals surface area contributed by atoms with Crippen molar-refractivity contribution in [2.75, 3.05) is 0 Å². The molecule has 2 heterocycles. The van der Waals surface area contributed by atoms with Crippen molar-refractivity contribution in [2.24, 2.45) is 23.7 Å². The highest BCUT2D eigenvalue weighted by Gasteiger charge is 2.45. The van der Waals surface area contributed by atoms with Crippen LogP contribution in [0.1, 0.15) is 87.5 Å². The minimum absolute atomic E-state index is 0.0606. The Morgan fingerprint density at radius 2 is 1.97 bits per heavy atom. The molecule has 0 spiro atoms. The largest absolute Gasteiger partial charge is 0.457 e. The van der Waals surface area contributed by atoms with E-state index in [0.29, 0.717) is 6.42 Å². The third-order valence-electron chi connectivity index (χ3n) is 7.87. The first-order chi connectivity index (χ1) is 17.7. The van der Waals surface area contributed by atoms with Gasteiger partial charge >= 0.3 is 11.9 Å². The van der Waals surface area contributed by atoms with Gasteiger partial charge in [0, 0.05) is 25.2 Å². The maximum Gasteiger partial charge on any atom is 0.306 e. The zero-order valence-electron chi connectivity index (χ0n) is 24.5. The van der Waals surface area contributed by atoms with Gasteiger partial charge in [-0.2, -0.15) is 0 Å². The second-order valence-electron chi connectivity index (χ2n) is 11.8. The van der Waals surface area contributed by atoms with Crippen LogP contribution in [0.25, 0.3) is 0 Å². The molecular weight excluding hydrogens is 487 g/mol. The average Bonchev–Trinajstić information content (AvgIpc) is 3.60. The topological polar surface area (TPSA) is 85.4 Å². The molecule has 10 unspecified atom stereocenters. The normalized spacial score (nSPS) is 36.4. The first-order valence-corrected chi connectivity index (χ1v) is 14.2. The number of epoxide rings is 1. The molecule has 0 aromatic heterocycles. The van der Waals surface area contributed by atoms with Crippen LogP contribution in [0.2, 0.25) is 0 Å². The molecule has 0 bridgehead atoms. The Kier molecular flexibility index (Phi) is 12.2. The van der Waals surface area contributed by atoms with Gasteiger partial charge in [0.2, 0.25) is 0 Å². The molecule has 2 rings (SSSR count). The minimum Gasteiger partial charge on any atom is -0.457 e. The van der Waals surface area contributed by atoms with Gasteiger partial charge < -0.3 is 19.3 Å². The minimum atomic E-state index is -1.74. The number of cyclic esters (lactones) is 1. The molecule has 38 heavy (non-hydrogen) atoms. The highest BCUT2D eigenvalue weighted by Crippen LogP contribution is 2.36. The first kappa shape index (κ1) is 32.2. The fourth-order valence-corrected chi connectivity index (χ4v) is 5.12. The number of halogens is 1. The SMILES string of the molecule is CCC(O)C(C)C1OC1CC(C)/C=C/C=C(\C)C1OC(=O)CC(C)CCC(C)(F)C(OC(C)=O)/C=C\C1C. The number of carbonyl (C=O) groups excluding carboxylic acids is 2. The summed E-state index contributed by atoms with van der Waals surface area (Å²) in [5.41, 5.74) is -0.870. The third-order valence-corrected chi connectivity index (χ3v) is 7.87. The van der Waals surface area contributed by atoms with Crippen LogP contribution < -0.4 is 0 Å². The van der Waals surface area contributed by atoms with E-state index in [2.05, 4.69) is 13.0 Å². The number of aliphatic hydroxyl groups is 1. The zero-order valence-corrected chi connectivity index (χ0v) is 24.5. The number of ether oxygens (including phenoxy) is 3. The average molecular weight is 537 g/mol. The van der Waals surface area contributed by atoms with E-state index in [1.54, 1.807) is 12.2 Å². The highest BCUT2D eigenvalue weighted by atomic mass is 19.1. The third kappa shape index (κ3) is 9.96. The van der Waals surface area contributed by atoms with E-state index >= 15 is 4.39 Å². The Hall–Kier alpha value is -1.99. The van der Waals surface area contributed by atoms with Crippen molar-refractivity contribution in [1.82, 2.24) is 0 Å². The van der Waals surface area contributed by atoms with Gasteiger partial charge in [0.15, 0.2) is 6.10 Å². The summed E-state index contributed by atoms with van der Waals surface area (Å²) in [6.45, 7) is 14.6. The highest BCUT2D eigenvalue weighted by molar-refractivity contribution is 5.70. The number of allylic oxidation sites excluding steroid dienone is 3. The molecule has 1 fully saturated rings. The zero-order chi connectivity index (χ0) is 28.6. The standard InChI is InChI=1S/C31H49FO6/c1-9-25(34)23(6)30-26(37-30)17-19(2)11-10-12-21(4)29-22(5)13-14-27(36-24(7)33)31(8,32)16-15-20(3)18-28(35)38-29/h10-14,19-20,22-23,25-27,29-30,34H,9,15-18H2,1-8H3/b11-10+,14-13-,21-12+. The molecule has 0 aromatic carbocycles. The molecule has 216 valence electrons. The van der Waals surface area contributed by atoms with Gasteiger partial charge in [-0.05, 0) is 63.0 Å². The lowest BCUT2D eigenvalue weighted by Crippen LogP contribution is -2.38. The molecule has 0 radical (unpaired) electrons. The van der Waals surface area contributed by atoms with E-state index < -0.39 is 23.8 Å². The smallest absolute Gasteiger partial charge is 0.306 e. The van der Waals surface area contributed by atoms with Gasteiger partial charge in [-0.3, -0.25) is 9.59 Å². The molecule has 1 saturated heterocycles. The Balaban J connectivity index is 2.12. The fraction of sp³-hybridized carbons (Fsp3) is 0.742. The molecule has 2 aliphatic heterocycles. The van der Waals surface area contributed by atoms with Crippen LogP contribution >= 0.6 is 0 Å². The molecule has 10 atom stereocenters. The van der Waals surface area contributed by atoms with Crippen LogP contribution in [0.4, 0.5) is 4.39 Å². The van der Waals surface area contributed by atoms with Crippen molar-refractivity contribution < 1.29 is 33.3 Å². The van der Waals surface area contributed by atoms with Gasteiger partial charge in [0.25, 0.3) is 0 Å². The van der Waals surface area contributed by atoms with Crippen LogP contribution in [-0.2, 0) is 23.8 Å². The van der Waals surface area contributed by atoms with Gasteiger partial charge in [-0.25, -0.2) is 4.39 Å². The van der Waals surface area contributed by atoms with E-state index in [1.165, 1.54) is 13.8 Å². The number of esters is 2. The molecule has 0 amide bonds. The number of hydrogen-bond donors (Lipinski definition) is 1. The Morgan fingerprint density at radius 1 is 1.29 bits per heavy atom. The summed E-state index contributed by atoms with van der Waals surface area (Å²) in [5, 5.41) is 10.1. The summed E-state index contributed by atoms with van der Waals surface area (Å²) >= 11 is 0. The summed E-state index contributed by atoms with van der Waals surface area (Å²) in [4.78, 5) is 24.4. The number of rotatable bonds is 9. The van der Waals surface area contributed by atoms with Crippen LogP contribution in [0, 0.1) is 23.7 Å². The van der Waals surface area contributed by atoms with Crippen molar-refractivity contribution in [3.8, 4) is 0 Å². The quantitative estimate of drug-likeness (QED) is 0.162. The predicted molar refractivity (Wildman–Crippen MR) is 147 cm³/mol. The van der Waals surface area contributed by atoms with Crippen molar-refractivity contribution >= 4 is 11.9 Å². The second-order valence-corrected chi connectivity index (χ2v) is 11.8. The Morgan fingerprint density at radius 3 is 2.61 bits per heavy atom. The predicted octanol–water partition coefficient (Wildman–Crippen LogP) is 6.27. The molecular formula is C31H49FO6. The summed E-state index contributed by atoms with van der Waals surface area (Å²) < 4.78 is 32.6. The van der Waals surface area contributed by atoms with E-state index in [9.17, 15) is 14.7 Å². The van der Waals surface area contributed by atoms with Gasteiger partial charge in [-0.15, -0.1) is 0 Å².